The van der Waals surface area contributed by atoms with Crippen molar-refractivity contribution < 1.29 is 0 Å². The van der Waals surface area contributed by atoms with Gasteiger partial charge in [0.2, 0.25) is 0 Å². The Hall–Kier alpha value is -0.0900. The van der Waals surface area contributed by atoms with Gasteiger partial charge in [0, 0.05) is 30.1 Å². The molecule has 1 saturated heterocycles. The molecular weight excluding hydrogens is 275 g/mol. The minimum absolute atomic E-state index is 0.348. The minimum atomic E-state index is 0.348. The maximum absolute atomic E-state index is 5.94. The van der Waals surface area contributed by atoms with E-state index in [0.717, 1.165) is 35.6 Å². The molecule has 4 heteroatoms. The van der Waals surface area contributed by atoms with Crippen molar-refractivity contribution in [2.75, 3.05) is 13.1 Å². The highest BCUT2D eigenvalue weighted by Crippen LogP contribution is 2.24. The first-order chi connectivity index (χ1) is 7.15. The number of rotatable bonds is 2. The molecule has 82 valence electrons. The Bertz CT molecular complexity index is 356. The molecule has 2 rings (SSSR count). The first kappa shape index (κ1) is 11.4. The van der Waals surface area contributed by atoms with Crippen LogP contribution in [0.4, 0.5) is 0 Å². The molecule has 0 saturated carbocycles. The average molecular weight is 290 g/mol. The Morgan fingerprint density at radius 2 is 2.33 bits per heavy atom. The Kier molecular flexibility index (Phi) is 3.67. The van der Waals surface area contributed by atoms with Gasteiger partial charge < -0.3 is 5.73 Å². The van der Waals surface area contributed by atoms with E-state index in [1.165, 1.54) is 5.56 Å². The second-order valence-electron chi connectivity index (χ2n) is 4.03. The number of nitrogens with zero attached hydrogens (tertiary/aromatic N) is 1. The molecule has 1 aromatic carbocycles. The third-order valence-electron chi connectivity index (χ3n) is 2.70. The molecule has 0 aromatic heterocycles. The third-order valence-corrected chi connectivity index (χ3v) is 3.91. The number of hydrogen-bond acceptors (Lipinski definition) is 2. The lowest BCUT2D eigenvalue weighted by atomic mass is 10.2. The Balaban J connectivity index is 2.02. The lowest BCUT2D eigenvalue weighted by Gasteiger charge is -2.15. The van der Waals surface area contributed by atoms with Crippen LogP contribution in [0.3, 0.4) is 0 Å². The number of halogens is 2. The zero-order valence-corrected chi connectivity index (χ0v) is 10.8. The van der Waals surface area contributed by atoms with E-state index in [-0.39, 0.29) is 0 Å². The highest BCUT2D eigenvalue weighted by molar-refractivity contribution is 9.10. The fourth-order valence-electron chi connectivity index (χ4n) is 1.90. The molecule has 0 spiro atoms. The Morgan fingerprint density at radius 3 is 2.93 bits per heavy atom. The van der Waals surface area contributed by atoms with Crippen LogP contribution in [-0.2, 0) is 6.54 Å². The average Bonchev–Trinajstić information content (AvgIpc) is 2.58. The smallest absolute Gasteiger partial charge is 0.0548 e. The molecule has 0 radical (unpaired) electrons. The summed E-state index contributed by atoms with van der Waals surface area (Å²) in [7, 11) is 0. The van der Waals surface area contributed by atoms with Crippen molar-refractivity contribution in [1.29, 1.82) is 0 Å². The largest absolute Gasteiger partial charge is 0.326 e. The summed E-state index contributed by atoms with van der Waals surface area (Å²) in [6, 6.07) is 6.42. The lowest BCUT2D eigenvalue weighted by molar-refractivity contribution is 0.327. The zero-order valence-electron chi connectivity index (χ0n) is 8.42. The summed E-state index contributed by atoms with van der Waals surface area (Å²) in [5.74, 6) is 0. The minimum Gasteiger partial charge on any atom is -0.326 e. The van der Waals surface area contributed by atoms with E-state index in [1.807, 2.05) is 6.07 Å². The van der Waals surface area contributed by atoms with Gasteiger partial charge in [0.25, 0.3) is 0 Å². The van der Waals surface area contributed by atoms with Gasteiger partial charge in [0.15, 0.2) is 0 Å². The topological polar surface area (TPSA) is 29.3 Å². The fraction of sp³-hybridized carbons (Fsp3) is 0.455. The van der Waals surface area contributed by atoms with Gasteiger partial charge in [-0.3, -0.25) is 4.90 Å². The molecular formula is C11H14BrClN2. The van der Waals surface area contributed by atoms with Crippen LogP contribution in [-0.4, -0.2) is 24.0 Å². The normalized spacial score (nSPS) is 22.2. The van der Waals surface area contributed by atoms with Crippen LogP contribution < -0.4 is 5.73 Å². The van der Waals surface area contributed by atoms with Crippen molar-refractivity contribution >= 4 is 27.5 Å². The van der Waals surface area contributed by atoms with E-state index in [2.05, 4.69) is 33.0 Å². The molecule has 1 fully saturated rings. The van der Waals surface area contributed by atoms with E-state index in [9.17, 15) is 0 Å². The van der Waals surface area contributed by atoms with E-state index < -0.39 is 0 Å². The van der Waals surface area contributed by atoms with E-state index in [0.29, 0.717) is 6.04 Å². The Morgan fingerprint density at radius 1 is 1.53 bits per heavy atom. The molecule has 1 aliphatic rings. The number of nitrogens with two attached hydrogens (primary N) is 1. The van der Waals surface area contributed by atoms with Crippen LogP contribution in [0.5, 0.6) is 0 Å². The molecule has 1 atom stereocenters. The van der Waals surface area contributed by atoms with Gasteiger partial charge >= 0.3 is 0 Å². The molecule has 1 aliphatic heterocycles. The van der Waals surface area contributed by atoms with E-state index >= 15 is 0 Å². The second kappa shape index (κ2) is 4.83. The van der Waals surface area contributed by atoms with Crippen molar-refractivity contribution in [3.05, 3.63) is 33.3 Å². The summed E-state index contributed by atoms with van der Waals surface area (Å²) in [6.07, 6.45) is 1.11. The molecule has 0 aliphatic carbocycles. The molecule has 2 nitrogen and oxygen atoms in total. The molecule has 0 amide bonds. The molecule has 1 heterocycles. The second-order valence-corrected chi connectivity index (χ2v) is 5.29. The van der Waals surface area contributed by atoms with Crippen LogP contribution in [0.1, 0.15) is 12.0 Å². The standard InChI is InChI=1S/C11H14BrClN2/c12-10-5-8(1-2-11(10)13)6-15-4-3-9(14)7-15/h1-2,5,9H,3-4,6-7,14H2. The van der Waals surface area contributed by atoms with Crippen molar-refractivity contribution in [2.45, 2.75) is 19.0 Å². The fourth-order valence-corrected chi connectivity index (χ4v) is 2.45. The van der Waals surface area contributed by atoms with Gasteiger partial charge in [0.05, 0.1) is 5.02 Å². The lowest BCUT2D eigenvalue weighted by Crippen LogP contribution is -2.26. The van der Waals surface area contributed by atoms with Gasteiger partial charge in [0.1, 0.15) is 0 Å². The van der Waals surface area contributed by atoms with Gasteiger partial charge in [-0.25, -0.2) is 0 Å². The molecule has 0 bridgehead atoms. The zero-order chi connectivity index (χ0) is 10.8. The summed E-state index contributed by atoms with van der Waals surface area (Å²) in [5, 5.41) is 0.761. The van der Waals surface area contributed by atoms with Crippen molar-refractivity contribution in [2.24, 2.45) is 5.73 Å². The van der Waals surface area contributed by atoms with E-state index in [4.69, 9.17) is 17.3 Å². The highest BCUT2D eigenvalue weighted by Gasteiger charge is 2.18. The third kappa shape index (κ3) is 2.94. The van der Waals surface area contributed by atoms with Crippen LogP contribution >= 0.6 is 27.5 Å². The SMILES string of the molecule is NC1CCN(Cc2ccc(Cl)c(Br)c2)C1. The molecule has 1 unspecified atom stereocenters. The van der Waals surface area contributed by atoms with Crippen LogP contribution in [0, 0.1) is 0 Å². The summed E-state index contributed by atoms with van der Waals surface area (Å²) in [6.45, 7) is 3.06. The Labute approximate surface area is 104 Å². The van der Waals surface area contributed by atoms with Crippen LogP contribution in [0.2, 0.25) is 5.02 Å². The quantitative estimate of drug-likeness (QED) is 0.907. The molecule has 2 N–H and O–H groups in total. The van der Waals surface area contributed by atoms with Crippen LogP contribution in [0.25, 0.3) is 0 Å². The first-order valence-corrected chi connectivity index (χ1v) is 6.24. The number of benzene rings is 1. The maximum atomic E-state index is 5.94. The highest BCUT2D eigenvalue weighted by atomic mass is 79.9. The van der Waals surface area contributed by atoms with Gasteiger partial charge in [-0.1, -0.05) is 17.7 Å². The summed E-state index contributed by atoms with van der Waals surface area (Å²) >= 11 is 9.37. The van der Waals surface area contributed by atoms with Crippen molar-refractivity contribution in [1.82, 2.24) is 4.90 Å². The maximum Gasteiger partial charge on any atom is 0.0548 e. The number of likely N-dealkylation sites (tertiary alicyclic amines) is 1. The molecule has 15 heavy (non-hydrogen) atoms. The van der Waals surface area contributed by atoms with E-state index in [1.54, 1.807) is 0 Å². The summed E-state index contributed by atoms with van der Waals surface area (Å²) < 4.78 is 0.963. The van der Waals surface area contributed by atoms with Crippen LogP contribution in [0.15, 0.2) is 22.7 Å². The summed E-state index contributed by atoms with van der Waals surface area (Å²) in [5.41, 5.74) is 7.14. The van der Waals surface area contributed by atoms with Gasteiger partial charge in [-0.2, -0.15) is 0 Å². The molecule has 1 aromatic rings. The number of hydrogen-bond donors (Lipinski definition) is 1. The monoisotopic (exact) mass is 288 g/mol. The predicted molar refractivity (Wildman–Crippen MR) is 67.0 cm³/mol. The first-order valence-electron chi connectivity index (χ1n) is 5.07. The van der Waals surface area contributed by atoms with Crippen molar-refractivity contribution in [3.63, 3.8) is 0 Å². The summed E-state index contributed by atoms with van der Waals surface area (Å²) in [4.78, 5) is 2.38. The van der Waals surface area contributed by atoms with Crippen molar-refractivity contribution in [3.8, 4) is 0 Å². The van der Waals surface area contributed by atoms with Gasteiger partial charge in [-0.15, -0.1) is 0 Å². The van der Waals surface area contributed by atoms with Gasteiger partial charge in [-0.05, 0) is 40.0 Å². The predicted octanol–water partition coefficient (Wildman–Crippen LogP) is 2.64.